The first-order valence-corrected chi connectivity index (χ1v) is 9.89. The molecule has 8 heteroatoms. The van der Waals surface area contributed by atoms with E-state index in [1.807, 2.05) is 6.07 Å². The second-order valence-corrected chi connectivity index (χ2v) is 7.20. The van der Waals surface area contributed by atoms with Gasteiger partial charge in [-0.05, 0) is 19.3 Å². The molecule has 1 amide bonds. The van der Waals surface area contributed by atoms with Crippen molar-refractivity contribution < 1.29 is 14.3 Å². The molecule has 1 fully saturated rings. The molecule has 0 radical (unpaired) electrons. The molecule has 1 aliphatic rings. The standard InChI is InChI=1S/C19H24N4O3S/c1-25-15-8-14(9-16(10-15)26-2)22-18(24)12-27-19-11-17(20-13-21-19)23-6-4-3-5-7-23/h8-11,13H,3-7,12H2,1-2H3,(H,22,24). The minimum atomic E-state index is -0.117. The average molecular weight is 388 g/mol. The molecular formula is C19H24N4O3S. The van der Waals surface area contributed by atoms with Crippen LogP contribution in [0.2, 0.25) is 0 Å². The first kappa shape index (κ1) is 19.3. The lowest BCUT2D eigenvalue weighted by atomic mass is 10.1. The largest absolute Gasteiger partial charge is 0.497 e. The number of amides is 1. The zero-order valence-corrected chi connectivity index (χ0v) is 16.4. The van der Waals surface area contributed by atoms with E-state index in [1.165, 1.54) is 31.0 Å². The van der Waals surface area contributed by atoms with Gasteiger partial charge < -0.3 is 19.7 Å². The number of nitrogens with one attached hydrogen (secondary N) is 1. The Kier molecular flexibility index (Phi) is 6.75. The number of hydrogen-bond acceptors (Lipinski definition) is 7. The van der Waals surface area contributed by atoms with Crippen LogP contribution < -0.4 is 19.7 Å². The predicted octanol–water partition coefficient (Wildman–Crippen LogP) is 3.21. The summed E-state index contributed by atoms with van der Waals surface area (Å²) in [6, 6.07) is 7.22. The summed E-state index contributed by atoms with van der Waals surface area (Å²) in [5, 5.41) is 3.66. The second kappa shape index (κ2) is 9.45. The van der Waals surface area contributed by atoms with Crippen molar-refractivity contribution in [1.82, 2.24) is 9.97 Å². The summed E-state index contributed by atoms with van der Waals surface area (Å²) in [5.74, 6) is 2.33. The fourth-order valence-electron chi connectivity index (χ4n) is 2.92. The van der Waals surface area contributed by atoms with Crippen molar-refractivity contribution in [1.29, 1.82) is 0 Å². The van der Waals surface area contributed by atoms with Crippen LogP contribution in [0.5, 0.6) is 11.5 Å². The van der Waals surface area contributed by atoms with Gasteiger partial charge in [-0.15, -0.1) is 0 Å². The molecule has 27 heavy (non-hydrogen) atoms. The van der Waals surface area contributed by atoms with Crippen molar-refractivity contribution in [3.05, 3.63) is 30.6 Å². The molecule has 0 aliphatic carbocycles. The molecule has 7 nitrogen and oxygen atoms in total. The van der Waals surface area contributed by atoms with Gasteiger partial charge >= 0.3 is 0 Å². The maximum Gasteiger partial charge on any atom is 0.234 e. The Morgan fingerprint density at radius 2 is 1.78 bits per heavy atom. The average Bonchev–Trinajstić information content (AvgIpc) is 2.72. The van der Waals surface area contributed by atoms with Crippen molar-refractivity contribution in [2.75, 3.05) is 43.3 Å². The minimum Gasteiger partial charge on any atom is -0.497 e. The van der Waals surface area contributed by atoms with E-state index in [1.54, 1.807) is 38.7 Å². The van der Waals surface area contributed by atoms with Gasteiger partial charge in [-0.25, -0.2) is 9.97 Å². The van der Waals surface area contributed by atoms with Gasteiger partial charge in [0.15, 0.2) is 0 Å². The van der Waals surface area contributed by atoms with Gasteiger partial charge in [0.25, 0.3) is 0 Å². The third-order valence-corrected chi connectivity index (χ3v) is 5.22. The maximum atomic E-state index is 12.3. The smallest absolute Gasteiger partial charge is 0.234 e. The summed E-state index contributed by atoms with van der Waals surface area (Å²) in [6.07, 6.45) is 5.23. The molecule has 0 saturated carbocycles. The summed E-state index contributed by atoms with van der Waals surface area (Å²) in [5.41, 5.74) is 0.633. The molecule has 2 aromatic rings. The van der Waals surface area contributed by atoms with Crippen LogP contribution in [0, 0.1) is 0 Å². The number of methoxy groups -OCH3 is 2. The van der Waals surface area contributed by atoms with Crippen molar-refractivity contribution in [3.63, 3.8) is 0 Å². The van der Waals surface area contributed by atoms with Gasteiger partial charge in [0, 0.05) is 43.0 Å². The Labute approximate surface area is 163 Å². The zero-order valence-electron chi connectivity index (χ0n) is 15.6. The molecule has 2 heterocycles. The molecular weight excluding hydrogens is 364 g/mol. The van der Waals surface area contributed by atoms with E-state index < -0.39 is 0 Å². The minimum absolute atomic E-state index is 0.117. The Hall–Kier alpha value is -2.48. The highest BCUT2D eigenvalue weighted by atomic mass is 32.2. The monoisotopic (exact) mass is 388 g/mol. The molecule has 0 bridgehead atoms. The third-order valence-electron chi connectivity index (χ3n) is 4.29. The van der Waals surface area contributed by atoms with Gasteiger partial charge in [0.05, 0.1) is 20.0 Å². The van der Waals surface area contributed by atoms with Crippen molar-refractivity contribution >= 4 is 29.2 Å². The summed E-state index contributed by atoms with van der Waals surface area (Å²) >= 11 is 1.39. The number of hydrogen-bond donors (Lipinski definition) is 1. The Bertz CT molecular complexity index is 759. The van der Waals surface area contributed by atoms with Crippen LogP contribution in [0.3, 0.4) is 0 Å². The van der Waals surface area contributed by atoms with E-state index >= 15 is 0 Å². The van der Waals surface area contributed by atoms with Crippen LogP contribution in [0.1, 0.15) is 19.3 Å². The number of carbonyl (C=O) groups excluding carboxylic acids is 1. The maximum absolute atomic E-state index is 12.3. The van der Waals surface area contributed by atoms with E-state index in [2.05, 4.69) is 20.2 Å². The number of ether oxygens (including phenoxy) is 2. The quantitative estimate of drug-likeness (QED) is 0.576. The van der Waals surface area contributed by atoms with Crippen LogP contribution in [0.15, 0.2) is 35.6 Å². The van der Waals surface area contributed by atoms with Crippen molar-refractivity contribution in [2.24, 2.45) is 0 Å². The Morgan fingerprint density at radius 1 is 1.07 bits per heavy atom. The number of carbonyl (C=O) groups is 1. The van der Waals surface area contributed by atoms with Gasteiger partial charge in [0.1, 0.15) is 28.7 Å². The van der Waals surface area contributed by atoms with Crippen LogP contribution in [0.25, 0.3) is 0 Å². The third kappa shape index (κ3) is 5.50. The lowest BCUT2D eigenvalue weighted by molar-refractivity contribution is -0.113. The highest BCUT2D eigenvalue weighted by Crippen LogP contribution is 2.26. The molecule has 0 unspecified atom stereocenters. The van der Waals surface area contributed by atoms with Gasteiger partial charge in [0.2, 0.25) is 5.91 Å². The topological polar surface area (TPSA) is 76.6 Å². The molecule has 0 spiro atoms. The number of anilines is 2. The molecule has 1 N–H and O–H groups in total. The highest BCUT2D eigenvalue weighted by molar-refractivity contribution is 7.99. The Balaban J connectivity index is 1.58. The van der Waals surface area contributed by atoms with Crippen LogP contribution in [-0.4, -0.2) is 48.9 Å². The molecule has 1 aromatic heterocycles. The molecule has 144 valence electrons. The number of thioether (sulfide) groups is 1. The number of rotatable bonds is 7. The fourth-order valence-corrected chi connectivity index (χ4v) is 3.58. The lowest BCUT2D eigenvalue weighted by Crippen LogP contribution is -2.30. The van der Waals surface area contributed by atoms with E-state index in [9.17, 15) is 4.79 Å². The Morgan fingerprint density at radius 3 is 2.44 bits per heavy atom. The van der Waals surface area contributed by atoms with E-state index in [-0.39, 0.29) is 11.7 Å². The summed E-state index contributed by atoms with van der Waals surface area (Å²) in [4.78, 5) is 23.2. The van der Waals surface area contributed by atoms with Crippen molar-refractivity contribution in [2.45, 2.75) is 24.3 Å². The highest BCUT2D eigenvalue weighted by Gasteiger charge is 2.13. The van der Waals surface area contributed by atoms with Gasteiger partial charge in [-0.2, -0.15) is 0 Å². The number of benzene rings is 1. The van der Waals surface area contributed by atoms with Gasteiger partial charge in [-0.3, -0.25) is 4.79 Å². The zero-order chi connectivity index (χ0) is 19.1. The van der Waals surface area contributed by atoms with Crippen LogP contribution in [0.4, 0.5) is 11.5 Å². The van der Waals surface area contributed by atoms with E-state index in [0.717, 1.165) is 23.9 Å². The number of nitrogens with zero attached hydrogens (tertiary/aromatic N) is 3. The number of piperidine rings is 1. The summed E-state index contributed by atoms with van der Waals surface area (Å²) in [7, 11) is 3.15. The summed E-state index contributed by atoms with van der Waals surface area (Å²) < 4.78 is 10.4. The van der Waals surface area contributed by atoms with E-state index in [0.29, 0.717) is 17.2 Å². The van der Waals surface area contributed by atoms with Crippen LogP contribution >= 0.6 is 11.8 Å². The molecule has 1 saturated heterocycles. The van der Waals surface area contributed by atoms with Crippen molar-refractivity contribution in [3.8, 4) is 11.5 Å². The molecule has 3 rings (SSSR count). The fraction of sp³-hybridized carbons (Fsp3) is 0.421. The van der Waals surface area contributed by atoms with Crippen LogP contribution in [-0.2, 0) is 4.79 Å². The first-order valence-electron chi connectivity index (χ1n) is 8.90. The second-order valence-electron chi connectivity index (χ2n) is 6.20. The normalized spacial score (nSPS) is 13.9. The predicted molar refractivity (Wildman–Crippen MR) is 107 cm³/mol. The first-order chi connectivity index (χ1) is 13.2. The molecule has 1 aliphatic heterocycles. The summed E-state index contributed by atoms with van der Waals surface area (Å²) in [6.45, 7) is 2.05. The van der Waals surface area contributed by atoms with E-state index in [4.69, 9.17) is 9.47 Å². The number of aromatic nitrogens is 2. The van der Waals surface area contributed by atoms with Gasteiger partial charge in [-0.1, -0.05) is 11.8 Å². The molecule has 0 atom stereocenters. The lowest BCUT2D eigenvalue weighted by Gasteiger charge is -2.27. The molecule has 1 aromatic carbocycles. The SMILES string of the molecule is COc1cc(NC(=O)CSc2cc(N3CCCCC3)ncn2)cc(OC)c1.